The third-order valence-electron chi connectivity index (χ3n) is 8.68. The summed E-state index contributed by atoms with van der Waals surface area (Å²) in [6, 6.07) is 19.0. The Kier molecular flexibility index (Phi) is 8.12. The van der Waals surface area contributed by atoms with Crippen molar-refractivity contribution in [2.75, 3.05) is 0 Å². The van der Waals surface area contributed by atoms with Crippen molar-refractivity contribution in [1.29, 1.82) is 0 Å². The quantitative estimate of drug-likeness (QED) is 0.207. The van der Waals surface area contributed by atoms with Crippen LogP contribution in [0.2, 0.25) is 0 Å². The molecule has 4 aromatic rings. The fraction of sp³-hybridized carbons (Fsp3) is 0.222. The number of nitrogens with one attached hydrogen (secondary N) is 1. The number of benzene rings is 3. The third kappa shape index (κ3) is 5.91. The van der Waals surface area contributed by atoms with E-state index in [1.807, 2.05) is 31.2 Å². The summed E-state index contributed by atoms with van der Waals surface area (Å²) in [5.41, 5.74) is 2.70. The van der Waals surface area contributed by atoms with Crippen LogP contribution in [-0.4, -0.2) is 33.0 Å². The van der Waals surface area contributed by atoms with Crippen molar-refractivity contribution in [2.24, 2.45) is 5.10 Å². The number of aromatic amines is 1. The fourth-order valence-electron chi connectivity index (χ4n) is 6.27. The summed E-state index contributed by atoms with van der Waals surface area (Å²) in [6.07, 6.45) is 6.16. The zero-order valence-corrected chi connectivity index (χ0v) is 24.6. The van der Waals surface area contributed by atoms with Crippen molar-refractivity contribution in [1.82, 2.24) is 9.99 Å². The van der Waals surface area contributed by atoms with Gasteiger partial charge in [-0.05, 0) is 84.7 Å². The van der Waals surface area contributed by atoms with Crippen molar-refractivity contribution in [3.05, 3.63) is 145 Å². The monoisotopic (exact) mass is 607 g/mol. The van der Waals surface area contributed by atoms with Gasteiger partial charge in [0.15, 0.2) is 11.5 Å². The molecule has 7 nitrogen and oxygen atoms in total. The van der Waals surface area contributed by atoms with Crippen LogP contribution in [0.5, 0.6) is 0 Å². The van der Waals surface area contributed by atoms with Gasteiger partial charge in [-0.15, -0.1) is 0 Å². The van der Waals surface area contributed by atoms with E-state index in [1.165, 1.54) is 48.7 Å². The van der Waals surface area contributed by atoms with Crippen molar-refractivity contribution >= 4 is 24.0 Å². The number of aryl methyl sites for hydroxylation is 1. The molecule has 228 valence electrons. The summed E-state index contributed by atoms with van der Waals surface area (Å²) < 4.78 is 27.5. The highest BCUT2D eigenvalue weighted by Gasteiger charge is 2.42. The molecule has 2 heterocycles. The van der Waals surface area contributed by atoms with Crippen molar-refractivity contribution in [3.8, 4) is 0 Å². The molecule has 6 rings (SSSR count). The number of hydrazone groups is 1. The van der Waals surface area contributed by atoms with E-state index in [2.05, 4.69) is 10.1 Å². The van der Waals surface area contributed by atoms with E-state index in [-0.39, 0.29) is 29.9 Å². The Morgan fingerprint density at radius 3 is 2.51 bits per heavy atom. The molecule has 45 heavy (non-hydrogen) atoms. The molecule has 0 fully saturated rings. The van der Waals surface area contributed by atoms with Crippen molar-refractivity contribution in [2.45, 2.75) is 50.7 Å². The van der Waals surface area contributed by atoms with Gasteiger partial charge < -0.3 is 10.1 Å². The number of pyridine rings is 1. The van der Waals surface area contributed by atoms with Gasteiger partial charge in [0.1, 0.15) is 11.6 Å². The summed E-state index contributed by atoms with van der Waals surface area (Å²) in [5.74, 6) is -1.74. The molecule has 1 aliphatic heterocycles. The Morgan fingerprint density at radius 2 is 1.78 bits per heavy atom. The highest BCUT2D eigenvalue weighted by atomic mass is 19.1. The Hall–Kier alpha value is -5.02. The van der Waals surface area contributed by atoms with Crippen LogP contribution in [0.15, 0.2) is 88.8 Å². The van der Waals surface area contributed by atoms with Crippen LogP contribution in [0.25, 0.3) is 6.08 Å². The highest BCUT2D eigenvalue weighted by molar-refractivity contribution is 6.07. The zero-order valence-electron chi connectivity index (χ0n) is 24.6. The Labute approximate surface area is 258 Å². The number of carbonyl (C=O) groups is 2. The minimum atomic E-state index is -1.68. The summed E-state index contributed by atoms with van der Waals surface area (Å²) in [5, 5.41) is 16.4. The standard InChI is InChI=1S/C36H31F2N3O4/c1-22-29-16-10-26(21-30(29)34(35(44)40-22)32(42)17-11-25-4-2-3-5-31(25)38)24-8-6-23(7-9-24)20-33(43)41-36(45,18-19-39-41)27-12-14-28(37)15-13-27/h2-9,11-15,17,19,26,45H,10,16,18,20-21H2,1H3,(H,40,44)/b17-11+. The van der Waals surface area contributed by atoms with Crippen LogP contribution in [0.4, 0.5) is 8.78 Å². The smallest absolute Gasteiger partial charge is 0.259 e. The van der Waals surface area contributed by atoms with Gasteiger partial charge in [0.05, 0.1) is 12.0 Å². The lowest BCUT2D eigenvalue weighted by molar-refractivity contribution is -0.157. The first kappa shape index (κ1) is 30.0. The number of nitrogens with zero attached hydrogens (tertiary/aromatic N) is 2. The predicted octanol–water partition coefficient (Wildman–Crippen LogP) is 5.74. The zero-order chi connectivity index (χ0) is 31.7. The average Bonchev–Trinajstić information content (AvgIpc) is 3.43. The SMILES string of the molecule is Cc1[nH]c(=O)c(C(=O)/C=C/c2ccccc2F)c2c1CCC(c1ccc(CC(=O)N3N=CCC3(O)c3ccc(F)cc3)cc1)C2. The first-order chi connectivity index (χ1) is 21.6. The average molecular weight is 608 g/mol. The van der Waals surface area contributed by atoms with E-state index in [4.69, 9.17) is 0 Å². The maximum atomic E-state index is 14.1. The van der Waals surface area contributed by atoms with Gasteiger partial charge in [0.2, 0.25) is 5.91 Å². The Morgan fingerprint density at radius 1 is 1.04 bits per heavy atom. The summed E-state index contributed by atoms with van der Waals surface area (Å²) in [7, 11) is 0. The molecular weight excluding hydrogens is 576 g/mol. The van der Waals surface area contributed by atoms with Gasteiger partial charge in [-0.2, -0.15) is 10.1 Å². The molecule has 1 aromatic heterocycles. The topological polar surface area (TPSA) is 103 Å². The van der Waals surface area contributed by atoms with Crippen LogP contribution in [0, 0.1) is 18.6 Å². The van der Waals surface area contributed by atoms with Crippen molar-refractivity contribution in [3.63, 3.8) is 0 Å². The Bertz CT molecular complexity index is 1900. The van der Waals surface area contributed by atoms with Crippen LogP contribution in [0.1, 0.15) is 68.2 Å². The summed E-state index contributed by atoms with van der Waals surface area (Å²) >= 11 is 0. The predicted molar refractivity (Wildman–Crippen MR) is 167 cm³/mol. The molecule has 2 aliphatic rings. The Balaban J connectivity index is 1.19. The largest absolute Gasteiger partial charge is 0.365 e. The van der Waals surface area contributed by atoms with E-state index in [0.29, 0.717) is 24.0 Å². The van der Waals surface area contributed by atoms with Gasteiger partial charge in [-0.1, -0.05) is 54.6 Å². The van der Waals surface area contributed by atoms with Crippen LogP contribution < -0.4 is 5.56 Å². The van der Waals surface area contributed by atoms with E-state index < -0.39 is 34.6 Å². The first-order valence-electron chi connectivity index (χ1n) is 14.8. The number of aromatic nitrogens is 1. The lowest BCUT2D eigenvalue weighted by Crippen LogP contribution is -2.44. The minimum absolute atomic E-state index is 0.00378. The number of H-pyrrole nitrogens is 1. The second-order valence-electron chi connectivity index (χ2n) is 11.5. The maximum Gasteiger partial charge on any atom is 0.259 e. The molecule has 1 aliphatic carbocycles. The van der Waals surface area contributed by atoms with E-state index in [1.54, 1.807) is 18.2 Å². The van der Waals surface area contributed by atoms with Crippen molar-refractivity contribution < 1.29 is 23.5 Å². The van der Waals surface area contributed by atoms with Crippen LogP contribution in [-0.2, 0) is 29.8 Å². The molecule has 0 saturated heterocycles. The summed E-state index contributed by atoms with van der Waals surface area (Å²) in [4.78, 5) is 42.3. The number of ketones is 1. The molecule has 1 amide bonds. The molecule has 2 N–H and O–H groups in total. The number of carbonyl (C=O) groups excluding carboxylic acids is 2. The molecule has 2 unspecified atom stereocenters. The lowest BCUT2D eigenvalue weighted by Gasteiger charge is -2.31. The van der Waals surface area contributed by atoms with E-state index in [9.17, 15) is 28.3 Å². The van der Waals surface area contributed by atoms with Crippen LogP contribution >= 0.6 is 0 Å². The van der Waals surface area contributed by atoms with Gasteiger partial charge >= 0.3 is 0 Å². The number of halogens is 2. The molecule has 0 radical (unpaired) electrons. The first-order valence-corrected chi connectivity index (χ1v) is 14.8. The molecule has 9 heteroatoms. The molecule has 0 bridgehead atoms. The van der Waals surface area contributed by atoms with Gasteiger partial charge in [-0.25, -0.2) is 8.78 Å². The number of amides is 1. The van der Waals surface area contributed by atoms with E-state index >= 15 is 0 Å². The van der Waals surface area contributed by atoms with Crippen LogP contribution in [0.3, 0.4) is 0 Å². The lowest BCUT2D eigenvalue weighted by atomic mass is 9.77. The number of fused-ring (bicyclic) bond motifs is 1. The minimum Gasteiger partial charge on any atom is -0.365 e. The maximum absolute atomic E-state index is 14.1. The molecule has 2 atom stereocenters. The van der Waals surface area contributed by atoms with Gasteiger partial charge in [-0.3, -0.25) is 14.4 Å². The number of rotatable bonds is 7. The third-order valence-corrected chi connectivity index (χ3v) is 8.68. The number of aliphatic hydroxyl groups is 1. The molecular formula is C36H31F2N3O4. The van der Waals surface area contributed by atoms with E-state index in [0.717, 1.165) is 33.8 Å². The van der Waals surface area contributed by atoms with Gasteiger partial charge in [0.25, 0.3) is 5.56 Å². The number of allylic oxidation sites excluding steroid dienone is 1. The highest BCUT2D eigenvalue weighted by Crippen LogP contribution is 2.36. The normalized spacial score (nSPS) is 19.2. The molecule has 3 aromatic carbocycles. The second-order valence-corrected chi connectivity index (χ2v) is 11.5. The second kappa shape index (κ2) is 12.2. The molecule has 0 spiro atoms. The van der Waals surface area contributed by atoms with Gasteiger partial charge in [0, 0.05) is 29.5 Å². The summed E-state index contributed by atoms with van der Waals surface area (Å²) in [6.45, 7) is 1.83. The number of hydrogen-bond acceptors (Lipinski definition) is 5. The number of hydrogen-bond donors (Lipinski definition) is 2. The fourth-order valence-corrected chi connectivity index (χ4v) is 6.27. The molecule has 0 saturated carbocycles.